The number of nitrogens with zero attached hydrogens (tertiary/aromatic N) is 2. The molecule has 0 aliphatic carbocycles. The van der Waals surface area contributed by atoms with Gasteiger partial charge in [0.2, 0.25) is 0 Å². The van der Waals surface area contributed by atoms with E-state index >= 15 is 0 Å². The molecule has 0 fully saturated rings. The van der Waals surface area contributed by atoms with Crippen molar-refractivity contribution < 1.29 is 4.79 Å². The summed E-state index contributed by atoms with van der Waals surface area (Å²) in [7, 11) is 0. The Bertz CT molecular complexity index is 508. The first kappa shape index (κ1) is 10.2. The molecule has 0 saturated heterocycles. The Kier molecular flexibility index (Phi) is 2.75. The summed E-state index contributed by atoms with van der Waals surface area (Å²) in [6, 6.07) is 5.24. The predicted octanol–water partition coefficient (Wildman–Crippen LogP) is 2.99. The standard InChI is InChI=1S/C10H6Cl2N2O/c11-8-2-1-3-9(10(8)12)14-5-7(6-15)4-13-14/h1-6H. The molecular formula is C10H6Cl2N2O. The van der Waals surface area contributed by atoms with E-state index in [9.17, 15) is 4.79 Å². The summed E-state index contributed by atoms with van der Waals surface area (Å²) < 4.78 is 1.51. The predicted molar refractivity (Wildman–Crippen MR) is 59.0 cm³/mol. The van der Waals surface area contributed by atoms with Crippen LogP contribution in [0, 0.1) is 0 Å². The number of benzene rings is 1. The van der Waals surface area contributed by atoms with Crippen LogP contribution in [0.1, 0.15) is 10.4 Å². The van der Waals surface area contributed by atoms with Gasteiger partial charge in [-0.25, -0.2) is 4.68 Å². The van der Waals surface area contributed by atoms with Crippen molar-refractivity contribution in [3.8, 4) is 5.69 Å². The van der Waals surface area contributed by atoms with Crippen LogP contribution in [0.15, 0.2) is 30.6 Å². The van der Waals surface area contributed by atoms with Crippen LogP contribution >= 0.6 is 23.2 Å². The molecule has 0 aliphatic heterocycles. The van der Waals surface area contributed by atoms with Crippen LogP contribution in [-0.2, 0) is 0 Å². The topological polar surface area (TPSA) is 34.9 Å². The van der Waals surface area contributed by atoms with Gasteiger partial charge in [-0.3, -0.25) is 4.79 Å². The van der Waals surface area contributed by atoms with Crippen molar-refractivity contribution >= 4 is 29.5 Å². The number of carbonyl (C=O) groups is 1. The number of rotatable bonds is 2. The monoisotopic (exact) mass is 240 g/mol. The number of aromatic nitrogens is 2. The van der Waals surface area contributed by atoms with Crippen LogP contribution in [0.5, 0.6) is 0 Å². The highest BCUT2D eigenvalue weighted by Crippen LogP contribution is 2.27. The van der Waals surface area contributed by atoms with Gasteiger partial charge < -0.3 is 0 Å². The van der Waals surface area contributed by atoms with Gasteiger partial charge in [0, 0.05) is 6.20 Å². The molecule has 76 valence electrons. The SMILES string of the molecule is O=Cc1cnn(-c2cccc(Cl)c2Cl)c1. The molecule has 2 rings (SSSR count). The van der Waals surface area contributed by atoms with Crippen molar-refractivity contribution in [2.24, 2.45) is 0 Å². The summed E-state index contributed by atoms with van der Waals surface area (Å²) in [5.74, 6) is 0. The van der Waals surface area contributed by atoms with Crippen LogP contribution < -0.4 is 0 Å². The van der Waals surface area contributed by atoms with Crippen molar-refractivity contribution in [3.63, 3.8) is 0 Å². The highest BCUT2D eigenvalue weighted by molar-refractivity contribution is 6.43. The van der Waals surface area contributed by atoms with Gasteiger partial charge in [0.25, 0.3) is 0 Å². The molecule has 0 aliphatic rings. The normalized spacial score (nSPS) is 10.3. The molecular weight excluding hydrogens is 235 g/mol. The fourth-order valence-electron chi connectivity index (χ4n) is 1.20. The minimum atomic E-state index is 0.416. The van der Waals surface area contributed by atoms with Crippen LogP contribution in [0.25, 0.3) is 5.69 Å². The van der Waals surface area contributed by atoms with Crippen LogP contribution in [0.4, 0.5) is 0 Å². The van der Waals surface area contributed by atoms with Gasteiger partial charge in [-0.1, -0.05) is 29.3 Å². The number of hydrogen-bond acceptors (Lipinski definition) is 2. The Hall–Kier alpha value is -1.32. The number of carbonyl (C=O) groups excluding carboxylic acids is 1. The first-order valence-electron chi connectivity index (χ1n) is 4.16. The van der Waals surface area contributed by atoms with E-state index in [0.717, 1.165) is 6.29 Å². The van der Waals surface area contributed by atoms with Crippen LogP contribution in [0.3, 0.4) is 0 Å². The lowest BCUT2D eigenvalue weighted by atomic mass is 10.3. The average Bonchev–Trinajstić information content (AvgIpc) is 2.70. The first-order chi connectivity index (χ1) is 7.22. The second-order valence-electron chi connectivity index (χ2n) is 2.91. The molecule has 0 saturated carbocycles. The van der Waals surface area contributed by atoms with Gasteiger partial charge in [0.15, 0.2) is 6.29 Å². The van der Waals surface area contributed by atoms with E-state index in [2.05, 4.69) is 5.10 Å². The maximum absolute atomic E-state index is 10.5. The third-order valence-electron chi connectivity index (χ3n) is 1.92. The molecule has 15 heavy (non-hydrogen) atoms. The molecule has 0 unspecified atom stereocenters. The Morgan fingerprint density at radius 2 is 2.13 bits per heavy atom. The number of hydrogen-bond donors (Lipinski definition) is 0. The van der Waals surface area contributed by atoms with Gasteiger partial charge in [-0.2, -0.15) is 5.10 Å². The van der Waals surface area contributed by atoms with Crippen molar-refractivity contribution in [2.75, 3.05) is 0 Å². The lowest BCUT2D eigenvalue weighted by molar-refractivity contribution is 0.112. The molecule has 1 heterocycles. The molecule has 0 atom stereocenters. The number of halogens is 2. The Morgan fingerprint density at radius 1 is 1.33 bits per heavy atom. The minimum absolute atomic E-state index is 0.416. The van der Waals surface area contributed by atoms with E-state index in [1.165, 1.54) is 10.9 Å². The van der Waals surface area contributed by atoms with E-state index in [4.69, 9.17) is 23.2 Å². The first-order valence-corrected chi connectivity index (χ1v) is 4.92. The van der Waals surface area contributed by atoms with Crippen LogP contribution in [0.2, 0.25) is 10.0 Å². The van der Waals surface area contributed by atoms with E-state index < -0.39 is 0 Å². The summed E-state index contributed by atoms with van der Waals surface area (Å²) in [5, 5.41) is 4.87. The third kappa shape index (κ3) is 1.89. The lowest BCUT2D eigenvalue weighted by Crippen LogP contribution is -1.95. The molecule has 0 spiro atoms. The lowest BCUT2D eigenvalue weighted by Gasteiger charge is -2.04. The fraction of sp³-hybridized carbons (Fsp3) is 0. The Morgan fingerprint density at radius 3 is 2.80 bits per heavy atom. The van der Waals surface area contributed by atoms with Crippen molar-refractivity contribution in [2.45, 2.75) is 0 Å². The van der Waals surface area contributed by atoms with Gasteiger partial charge in [0.05, 0.1) is 27.5 Å². The van der Waals surface area contributed by atoms with E-state index in [-0.39, 0.29) is 0 Å². The quantitative estimate of drug-likeness (QED) is 0.757. The maximum atomic E-state index is 10.5. The third-order valence-corrected chi connectivity index (χ3v) is 2.73. The largest absolute Gasteiger partial charge is 0.298 e. The van der Waals surface area contributed by atoms with Gasteiger partial charge in [-0.05, 0) is 12.1 Å². The molecule has 3 nitrogen and oxygen atoms in total. The highest BCUT2D eigenvalue weighted by Gasteiger charge is 2.07. The van der Waals surface area contributed by atoms with Gasteiger partial charge in [-0.15, -0.1) is 0 Å². The molecule has 1 aromatic heterocycles. The minimum Gasteiger partial charge on any atom is -0.298 e. The average molecular weight is 241 g/mol. The molecule has 0 N–H and O–H groups in total. The van der Waals surface area contributed by atoms with Crippen molar-refractivity contribution in [1.29, 1.82) is 0 Å². The van der Waals surface area contributed by atoms with E-state index in [1.807, 2.05) is 0 Å². The van der Waals surface area contributed by atoms with E-state index in [0.29, 0.717) is 21.3 Å². The molecule has 0 radical (unpaired) electrons. The van der Waals surface area contributed by atoms with Crippen LogP contribution in [-0.4, -0.2) is 16.1 Å². The Labute approximate surface area is 96.2 Å². The van der Waals surface area contributed by atoms with Crippen molar-refractivity contribution in [1.82, 2.24) is 9.78 Å². The second kappa shape index (κ2) is 4.04. The molecule has 5 heteroatoms. The smallest absolute Gasteiger partial charge is 0.153 e. The zero-order valence-corrected chi connectivity index (χ0v) is 9.03. The zero-order valence-electron chi connectivity index (χ0n) is 7.52. The zero-order chi connectivity index (χ0) is 10.8. The summed E-state index contributed by atoms with van der Waals surface area (Å²) in [4.78, 5) is 10.5. The van der Waals surface area contributed by atoms with Crippen molar-refractivity contribution in [3.05, 3.63) is 46.2 Å². The molecule has 0 bridgehead atoms. The second-order valence-corrected chi connectivity index (χ2v) is 3.69. The summed E-state index contributed by atoms with van der Waals surface area (Å²) in [6.07, 6.45) is 3.77. The van der Waals surface area contributed by atoms with E-state index in [1.54, 1.807) is 24.4 Å². The summed E-state index contributed by atoms with van der Waals surface area (Å²) >= 11 is 11.9. The molecule has 0 amide bonds. The van der Waals surface area contributed by atoms with Gasteiger partial charge in [0.1, 0.15) is 0 Å². The van der Waals surface area contributed by atoms with Gasteiger partial charge >= 0.3 is 0 Å². The highest BCUT2D eigenvalue weighted by atomic mass is 35.5. The summed E-state index contributed by atoms with van der Waals surface area (Å²) in [5.41, 5.74) is 1.14. The molecule has 2 aromatic rings. The molecule has 1 aromatic carbocycles. The number of aldehydes is 1. The maximum Gasteiger partial charge on any atom is 0.153 e. The summed E-state index contributed by atoms with van der Waals surface area (Å²) in [6.45, 7) is 0. The fourth-order valence-corrected chi connectivity index (χ4v) is 1.58. The Balaban J connectivity index is 2.53.